The number of sulfonamides is 1. The minimum atomic E-state index is -3.73. The van der Waals surface area contributed by atoms with Crippen molar-refractivity contribution < 1.29 is 27.8 Å². The van der Waals surface area contributed by atoms with Gasteiger partial charge >= 0.3 is 5.97 Å². The van der Waals surface area contributed by atoms with E-state index in [1.165, 1.54) is 18.2 Å². The Balaban J connectivity index is 2.10. The number of hydrogen-bond acceptors (Lipinski definition) is 5. The van der Waals surface area contributed by atoms with E-state index in [1.807, 2.05) is 0 Å². The summed E-state index contributed by atoms with van der Waals surface area (Å²) >= 11 is 0. The van der Waals surface area contributed by atoms with Crippen LogP contribution < -0.4 is 4.72 Å². The van der Waals surface area contributed by atoms with E-state index in [0.717, 1.165) is 6.42 Å². The van der Waals surface area contributed by atoms with Crippen molar-refractivity contribution in [2.45, 2.75) is 24.3 Å². The molecule has 8 heteroatoms. The quantitative estimate of drug-likeness (QED) is 0.766. The van der Waals surface area contributed by atoms with Crippen LogP contribution in [-0.4, -0.2) is 52.5 Å². The largest absolute Gasteiger partial charge is 0.478 e. The molecule has 0 aromatic heterocycles. The lowest BCUT2D eigenvalue weighted by atomic mass is 10.0. The van der Waals surface area contributed by atoms with Crippen LogP contribution in [0.4, 0.5) is 0 Å². The number of carbonyl (C=O) groups is 1. The Hall–Kier alpha value is -1.48. The van der Waals surface area contributed by atoms with Crippen LogP contribution in [0, 0.1) is 12.8 Å². The van der Waals surface area contributed by atoms with E-state index in [-0.39, 0.29) is 29.0 Å². The highest BCUT2D eigenvalue weighted by Gasteiger charge is 2.27. The summed E-state index contributed by atoms with van der Waals surface area (Å²) in [5.41, 5.74) is 0.440. The molecule has 1 aromatic rings. The molecule has 0 radical (unpaired) electrons. The molecule has 0 aliphatic carbocycles. The number of aromatic carboxylic acids is 1. The Labute approximate surface area is 135 Å². The number of carboxylic acids is 1. The SMILES string of the molecule is COC(CNS(=O)(=O)c1ccc(C(=O)O)cc1C)C1CCOC1. The van der Waals surface area contributed by atoms with Crippen molar-refractivity contribution in [3.63, 3.8) is 0 Å². The third kappa shape index (κ3) is 4.29. The van der Waals surface area contributed by atoms with E-state index >= 15 is 0 Å². The first-order valence-corrected chi connectivity index (χ1v) is 8.77. The Morgan fingerprint density at radius 1 is 1.52 bits per heavy atom. The molecular weight excluding hydrogens is 322 g/mol. The third-order valence-corrected chi connectivity index (χ3v) is 5.56. The summed E-state index contributed by atoms with van der Waals surface area (Å²) in [7, 11) is -2.19. The highest BCUT2D eigenvalue weighted by Crippen LogP contribution is 2.20. The van der Waals surface area contributed by atoms with Gasteiger partial charge in [-0.2, -0.15) is 0 Å². The Morgan fingerprint density at radius 2 is 2.26 bits per heavy atom. The fourth-order valence-electron chi connectivity index (χ4n) is 2.64. The second-order valence-corrected chi connectivity index (χ2v) is 7.27. The van der Waals surface area contributed by atoms with Gasteiger partial charge in [-0.15, -0.1) is 0 Å². The van der Waals surface area contributed by atoms with Crippen molar-refractivity contribution >= 4 is 16.0 Å². The number of carboxylic acid groups (broad SMARTS) is 1. The fourth-order valence-corrected chi connectivity index (χ4v) is 3.91. The van der Waals surface area contributed by atoms with E-state index in [0.29, 0.717) is 18.8 Å². The van der Waals surface area contributed by atoms with E-state index in [4.69, 9.17) is 14.6 Å². The molecule has 128 valence electrons. The average molecular weight is 343 g/mol. The second kappa shape index (κ2) is 7.39. The van der Waals surface area contributed by atoms with Crippen LogP contribution >= 0.6 is 0 Å². The van der Waals surface area contributed by atoms with Gasteiger partial charge in [0.05, 0.1) is 23.2 Å². The van der Waals surface area contributed by atoms with Crippen molar-refractivity contribution in [3.8, 4) is 0 Å². The Bertz CT molecular complexity index is 667. The summed E-state index contributed by atoms with van der Waals surface area (Å²) in [4.78, 5) is 11.0. The molecule has 1 aliphatic rings. The van der Waals surface area contributed by atoms with Crippen LogP contribution in [0.25, 0.3) is 0 Å². The maximum Gasteiger partial charge on any atom is 0.335 e. The normalized spacial score (nSPS) is 19.7. The predicted molar refractivity (Wildman–Crippen MR) is 83.0 cm³/mol. The van der Waals surface area contributed by atoms with Gasteiger partial charge in [0.15, 0.2) is 0 Å². The third-order valence-electron chi connectivity index (χ3n) is 3.98. The summed E-state index contributed by atoms with van der Waals surface area (Å²) in [6, 6.07) is 3.93. The molecule has 0 saturated carbocycles. The zero-order valence-corrected chi connectivity index (χ0v) is 13.9. The number of aryl methyl sites for hydroxylation is 1. The van der Waals surface area contributed by atoms with Crippen LogP contribution in [0.15, 0.2) is 23.1 Å². The summed E-state index contributed by atoms with van der Waals surface area (Å²) in [6.07, 6.45) is 0.581. The van der Waals surface area contributed by atoms with Gasteiger partial charge in [-0.25, -0.2) is 17.9 Å². The summed E-state index contributed by atoms with van der Waals surface area (Å²) in [5, 5.41) is 8.94. The van der Waals surface area contributed by atoms with E-state index in [1.54, 1.807) is 14.0 Å². The number of benzene rings is 1. The van der Waals surface area contributed by atoms with Gasteiger partial charge in [0.2, 0.25) is 10.0 Å². The van der Waals surface area contributed by atoms with Gasteiger partial charge in [0.25, 0.3) is 0 Å². The van der Waals surface area contributed by atoms with Crippen molar-refractivity contribution in [2.75, 3.05) is 26.9 Å². The average Bonchev–Trinajstić information content (AvgIpc) is 3.01. The maximum absolute atomic E-state index is 12.4. The second-order valence-electron chi connectivity index (χ2n) is 5.54. The topological polar surface area (TPSA) is 102 Å². The van der Waals surface area contributed by atoms with Crippen LogP contribution in [0.1, 0.15) is 22.3 Å². The molecule has 2 unspecified atom stereocenters. The number of hydrogen-bond donors (Lipinski definition) is 2. The molecule has 1 aliphatic heterocycles. The van der Waals surface area contributed by atoms with Crippen molar-refractivity contribution in [1.29, 1.82) is 0 Å². The van der Waals surface area contributed by atoms with Crippen molar-refractivity contribution in [2.24, 2.45) is 5.92 Å². The first-order valence-electron chi connectivity index (χ1n) is 7.29. The fraction of sp³-hybridized carbons (Fsp3) is 0.533. The number of rotatable bonds is 7. The molecule has 7 nitrogen and oxygen atoms in total. The smallest absolute Gasteiger partial charge is 0.335 e. The first kappa shape index (κ1) is 17.9. The van der Waals surface area contributed by atoms with Gasteiger partial charge in [-0.05, 0) is 37.1 Å². The maximum atomic E-state index is 12.4. The minimum Gasteiger partial charge on any atom is -0.478 e. The molecule has 23 heavy (non-hydrogen) atoms. The molecule has 1 aromatic carbocycles. The predicted octanol–water partition coefficient (Wildman–Crippen LogP) is 1.02. The highest BCUT2D eigenvalue weighted by atomic mass is 32.2. The minimum absolute atomic E-state index is 0.0549. The number of nitrogens with one attached hydrogen (secondary N) is 1. The molecule has 1 heterocycles. The number of methoxy groups -OCH3 is 1. The van der Waals surface area contributed by atoms with E-state index in [2.05, 4.69) is 4.72 Å². The molecule has 1 saturated heterocycles. The molecule has 0 bridgehead atoms. The van der Waals surface area contributed by atoms with Crippen molar-refractivity contribution in [1.82, 2.24) is 4.72 Å². The van der Waals surface area contributed by atoms with Crippen LogP contribution in [0.2, 0.25) is 0 Å². The number of ether oxygens (including phenoxy) is 2. The zero-order chi connectivity index (χ0) is 17.0. The van der Waals surface area contributed by atoms with Gasteiger partial charge in [0.1, 0.15) is 0 Å². The van der Waals surface area contributed by atoms with E-state index in [9.17, 15) is 13.2 Å². The molecule has 1 fully saturated rings. The van der Waals surface area contributed by atoms with E-state index < -0.39 is 16.0 Å². The lowest BCUT2D eigenvalue weighted by molar-refractivity contribution is 0.0491. The standard InChI is InChI=1S/C15H21NO6S/c1-10-7-11(15(17)18)3-4-14(10)23(19,20)16-8-13(21-2)12-5-6-22-9-12/h3-4,7,12-13,16H,5-6,8-9H2,1-2H3,(H,17,18). The summed E-state index contributed by atoms with van der Waals surface area (Å²) in [6.45, 7) is 2.94. The zero-order valence-electron chi connectivity index (χ0n) is 13.1. The molecule has 2 N–H and O–H groups in total. The van der Waals surface area contributed by atoms with Gasteiger partial charge in [-0.3, -0.25) is 0 Å². The molecular formula is C15H21NO6S. The van der Waals surface area contributed by atoms with Gasteiger partial charge < -0.3 is 14.6 Å². The summed E-state index contributed by atoms with van der Waals surface area (Å²) in [5.74, 6) is -0.927. The summed E-state index contributed by atoms with van der Waals surface area (Å²) < 4.78 is 38.0. The lowest BCUT2D eigenvalue weighted by Gasteiger charge is -2.21. The molecule has 0 amide bonds. The monoisotopic (exact) mass is 343 g/mol. The van der Waals surface area contributed by atoms with Crippen molar-refractivity contribution in [3.05, 3.63) is 29.3 Å². The molecule has 2 atom stereocenters. The highest BCUT2D eigenvalue weighted by molar-refractivity contribution is 7.89. The first-order chi connectivity index (χ1) is 10.8. The molecule has 2 rings (SSSR count). The van der Waals surface area contributed by atoms with Crippen LogP contribution in [0.3, 0.4) is 0 Å². The van der Waals surface area contributed by atoms with Crippen LogP contribution in [0.5, 0.6) is 0 Å². The van der Waals surface area contributed by atoms with Crippen LogP contribution in [-0.2, 0) is 19.5 Å². The lowest BCUT2D eigenvalue weighted by Crippen LogP contribution is -2.38. The Morgan fingerprint density at radius 3 is 2.78 bits per heavy atom. The molecule has 0 spiro atoms. The Kier molecular flexibility index (Phi) is 5.74. The van der Waals surface area contributed by atoms with Gasteiger partial charge in [0, 0.05) is 26.2 Å². The van der Waals surface area contributed by atoms with Gasteiger partial charge in [-0.1, -0.05) is 0 Å².